The molecule has 2 aromatic rings. The number of aromatic nitrogens is 1. The van der Waals surface area contributed by atoms with Crippen molar-refractivity contribution >= 4 is 12.1 Å². The van der Waals surface area contributed by atoms with Crippen LogP contribution in [0.25, 0.3) is 0 Å². The summed E-state index contributed by atoms with van der Waals surface area (Å²) in [4.78, 5) is 27.8. The minimum atomic E-state index is -1.29. The highest BCUT2D eigenvalue weighted by atomic mass is 16.4. The number of amides is 1. The zero-order valence-corrected chi connectivity index (χ0v) is 12.9. The number of hydrogen-bond donors (Lipinski definition) is 3. The average molecular weight is 330 g/mol. The van der Waals surface area contributed by atoms with Gasteiger partial charge in [-0.2, -0.15) is 0 Å². The van der Waals surface area contributed by atoms with E-state index in [-0.39, 0.29) is 18.7 Å². The number of phenolic OH excluding ortho intramolecular Hbond substituents is 1. The van der Waals surface area contributed by atoms with E-state index in [0.29, 0.717) is 12.0 Å². The van der Waals surface area contributed by atoms with Gasteiger partial charge in [-0.25, -0.2) is 9.59 Å². The minimum Gasteiger partial charge on any atom is -0.508 e. The number of phenols is 1. The first kappa shape index (κ1) is 17.3. The summed E-state index contributed by atoms with van der Waals surface area (Å²) in [6.07, 6.45) is 2.29. The van der Waals surface area contributed by atoms with Gasteiger partial charge in [0, 0.05) is 12.4 Å². The molecule has 1 aromatic carbocycles. The molecule has 1 unspecified atom stereocenters. The maximum atomic E-state index is 11.6. The molecule has 1 aromatic heterocycles. The molecule has 1 heterocycles. The summed E-state index contributed by atoms with van der Waals surface area (Å²) in [6.45, 7) is -0.0234. The predicted molar refractivity (Wildman–Crippen MR) is 85.7 cm³/mol. The zero-order valence-electron chi connectivity index (χ0n) is 12.9. The number of hydrogen-bond acceptors (Lipinski definition) is 4. The molecule has 0 fully saturated rings. The molecule has 0 aliphatic carbocycles. The molecule has 0 aliphatic heterocycles. The minimum absolute atomic E-state index is 0.0234. The van der Waals surface area contributed by atoms with E-state index in [2.05, 4.69) is 4.98 Å². The highest BCUT2D eigenvalue weighted by Gasteiger charge is 2.29. The van der Waals surface area contributed by atoms with Gasteiger partial charge in [0.05, 0.1) is 6.54 Å². The number of carboxylic acid groups (broad SMARTS) is 2. The fourth-order valence-corrected chi connectivity index (χ4v) is 2.37. The van der Waals surface area contributed by atoms with Gasteiger partial charge in [-0.05, 0) is 48.2 Å². The monoisotopic (exact) mass is 330 g/mol. The number of carbonyl (C=O) groups is 2. The van der Waals surface area contributed by atoms with E-state index in [1.807, 2.05) is 0 Å². The van der Waals surface area contributed by atoms with Crippen molar-refractivity contribution in [1.82, 2.24) is 9.88 Å². The van der Waals surface area contributed by atoms with Crippen molar-refractivity contribution in [2.45, 2.75) is 25.4 Å². The summed E-state index contributed by atoms with van der Waals surface area (Å²) >= 11 is 0. The Morgan fingerprint density at radius 3 is 2.17 bits per heavy atom. The van der Waals surface area contributed by atoms with E-state index >= 15 is 0 Å². The summed E-state index contributed by atoms with van der Waals surface area (Å²) in [5.74, 6) is -1.07. The Hall–Kier alpha value is -3.09. The van der Waals surface area contributed by atoms with Crippen LogP contribution in [0.15, 0.2) is 48.8 Å². The van der Waals surface area contributed by atoms with Crippen molar-refractivity contribution in [2.24, 2.45) is 0 Å². The van der Waals surface area contributed by atoms with Gasteiger partial charge in [0.2, 0.25) is 0 Å². The highest BCUT2D eigenvalue weighted by Crippen LogP contribution is 2.16. The first-order valence-electron chi connectivity index (χ1n) is 7.36. The Balaban J connectivity index is 2.11. The van der Waals surface area contributed by atoms with Crippen LogP contribution in [0.2, 0.25) is 0 Å². The van der Waals surface area contributed by atoms with E-state index in [1.54, 1.807) is 24.3 Å². The van der Waals surface area contributed by atoms with Gasteiger partial charge in [0.25, 0.3) is 0 Å². The second kappa shape index (κ2) is 7.96. The Morgan fingerprint density at radius 1 is 1.00 bits per heavy atom. The van der Waals surface area contributed by atoms with Gasteiger partial charge in [-0.1, -0.05) is 12.1 Å². The molecule has 0 saturated heterocycles. The molecule has 0 bridgehead atoms. The van der Waals surface area contributed by atoms with Gasteiger partial charge in [-0.15, -0.1) is 0 Å². The van der Waals surface area contributed by atoms with E-state index in [0.717, 1.165) is 10.5 Å². The predicted octanol–water partition coefficient (Wildman–Crippen LogP) is 2.35. The van der Waals surface area contributed by atoms with E-state index < -0.39 is 18.1 Å². The van der Waals surface area contributed by atoms with Crippen LogP contribution in [0, 0.1) is 0 Å². The first-order chi connectivity index (χ1) is 11.5. The SMILES string of the molecule is O=C(O)C(CCc1ccc(O)cc1)N(Cc1ccncc1)C(=O)O. The number of aromatic hydroxyl groups is 1. The van der Waals surface area contributed by atoms with E-state index in [4.69, 9.17) is 0 Å². The molecular weight excluding hydrogens is 312 g/mol. The number of carboxylic acids is 1. The zero-order chi connectivity index (χ0) is 17.5. The lowest BCUT2D eigenvalue weighted by Crippen LogP contribution is -2.44. The Labute approximate surface area is 138 Å². The quantitative estimate of drug-likeness (QED) is 0.718. The third-order valence-electron chi connectivity index (χ3n) is 3.65. The lowest BCUT2D eigenvalue weighted by atomic mass is 10.0. The summed E-state index contributed by atoms with van der Waals surface area (Å²) in [6, 6.07) is 8.52. The molecule has 0 saturated carbocycles. The third-order valence-corrected chi connectivity index (χ3v) is 3.65. The average Bonchev–Trinajstić information content (AvgIpc) is 2.56. The van der Waals surface area contributed by atoms with Gasteiger partial charge >= 0.3 is 12.1 Å². The van der Waals surface area contributed by atoms with Crippen molar-refractivity contribution in [2.75, 3.05) is 0 Å². The van der Waals surface area contributed by atoms with E-state index in [9.17, 15) is 24.9 Å². The van der Waals surface area contributed by atoms with Gasteiger partial charge in [0.15, 0.2) is 0 Å². The Morgan fingerprint density at radius 2 is 1.62 bits per heavy atom. The summed E-state index contributed by atoms with van der Waals surface area (Å²) < 4.78 is 0. The molecule has 2 rings (SSSR count). The number of benzene rings is 1. The van der Waals surface area contributed by atoms with Crippen LogP contribution in [-0.4, -0.2) is 43.3 Å². The first-order valence-corrected chi connectivity index (χ1v) is 7.36. The largest absolute Gasteiger partial charge is 0.508 e. The van der Waals surface area contributed by atoms with Crippen LogP contribution in [0.1, 0.15) is 17.5 Å². The number of nitrogens with zero attached hydrogens (tertiary/aromatic N) is 2. The van der Waals surface area contributed by atoms with Gasteiger partial charge < -0.3 is 15.3 Å². The van der Waals surface area contributed by atoms with Crippen LogP contribution in [0.5, 0.6) is 5.75 Å². The van der Waals surface area contributed by atoms with Crippen LogP contribution in [0.4, 0.5) is 4.79 Å². The van der Waals surface area contributed by atoms with Crippen LogP contribution in [-0.2, 0) is 17.8 Å². The summed E-state index contributed by atoms with van der Waals surface area (Å²) in [7, 11) is 0. The lowest BCUT2D eigenvalue weighted by Gasteiger charge is -2.26. The molecule has 1 atom stereocenters. The molecule has 24 heavy (non-hydrogen) atoms. The summed E-state index contributed by atoms with van der Waals surface area (Å²) in [5, 5.41) is 28.1. The second-order valence-electron chi connectivity index (χ2n) is 5.33. The van der Waals surface area contributed by atoms with Gasteiger partial charge in [-0.3, -0.25) is 9.88 Å². The Kier molecular flexibility index (Phi) is 5.73. The second-order valence-corrected chi connectivity index (χ2v) is 5.33. The normalized spacial score (nSPS) is 11.7. The van der Waals surface area contributed by atoms with Crippen LogP contribution < -0.4 is 0 Å². The number of rotatable bonds is 7. The topological polar surface area (TPSA) is 111 Å². The smallest absolute Gasteiger partial charge is 0.408 e. The van der Waals surface area contributed by atoms with Crippen molar-refractivity contribution in [3.63, 3.8) is 0 Å². The fraction of sp³-hybridized carbons (Fsp3) is 0.235. The molecule has 3 N–H and O–H groups in total. The number of pyridine rings is 1. The molecule has 0 radical (unpaired) electrons. The number of aryl methyl sites for hydroxylation is 1. The highest BCUT2D eigenvalue weighted by molar-refractivity contribution is 5.79. The third kappa shape index (κ3) is 4.70. The maximum Gasteiger partial charge on any atom is 0.408 e. The molecule has 0 spiro atoms. The van der Waals surface area contributed by atoms with E-state index in [1.165, 1.54) is 24.5 Å². The van der Waals surface area contributed by atoms with Gasteiger partial charge in [0.1, 0.15) is 11.8 Å². The molecule has 7 heteroatoms. The van der Waals surface area contributed by atoms with Crippen molar-refractivity contribution in [3.8, 4) is 5.75 Å². The van der Waals surface area contributed by atoms with Crippen LogP contribution in [0.3, 0.4) is 0 Å². The fourth-order valence-electron chi connectivity index (χ4n) is 2.37. The van der Waals surface area contributed by atoms with Crippen molar-refractivity contribution in [1.29, 1.82) is 0 Å². The summed E-state index contributed by atoms with van der Waals surface area (Å²) in [5.41, 5.74) is 1.50. The molecule has 1 amide bonds. The molecular formula is C17H18N2O5. The standard InChI is InChI=1S/C17H18N2O5/c20-14-4-1-12(2-5-14)3-6-15(16(21)22)19(17(23)24)11-13-7-9-18-10-8-13/h1-2,4-5,7-10,15,20H,3,6,11H2,(H,21,22)(H,23,24). The molecule has 126 valence electrons. The Bertz CT molecular complexity index is 688. The lowest BCUT2D eigenvalue weighted by molar-refractivity contribution is -0.143. The van der Waals surface area contributed by atoms with Crippen LogP contribution >= 0.6 is 0 Å². The van der Waals surface area contributed by atoms with Crippen molar-refractivity contribution < 1.29 is 24.9 Å². The molecule has 0 aliphatic rings. The van der Waals surface area contributed by atoms with Crippen molar-refractivity contribution in [3.05, 3.63) is 59.9 Å². The number of aliphatic carboxylic acids is 1. The molecule has 7 nitrogen and oxygen atoms in total. The maximum absolute atomic E-state index is 11.6.